The molecule has 7 heavy (non-hydrogen) atoms. The predicted octanol–water partition coefficient (Wildman–Crippen LogP) is 1.12. The molecule has 0 N–H and O–H groups in total. The average molecular weight is 117 g/mol. The molecule has 0 spiro atoms. The van der Waals surface area contributed by atoms with Crippen LogP contribution in [0.3, 0.4) is 0 Å². The summed E-state index contributed by atoms with van der Waals surface area (Å²) in [4.78, 5) is 0. The zero-order valence-corrected chi connectivity index (χ0v) is 4.52. The molecule has 0 fully saturated rings. The fraction of sp³-hybridized carbons (Fsp3) is 0.667. The number of hydrogen-bond acceptors (Lipinski definition) is 3. The Labute approximate surface area is 43.2 Å². The van der Waals surface area contributed by atoms with Crippen molar-refractivity contribution in [1.29, 1.82) is 5.26 Å². The summed E-state index contributed by atoms with van der Waals surface area (Å²) in [5.74, 6) is 0. The predicted molar refractivity (Wildman–Crippen MR) is 23.8 cm³/mol. The minimum Gasteiger partial charge on any atom is -0.293 e. The van der Waals surface area contributed by atoms with Crippen molar-refractivity contribution >= 4 is 8.69 Å². The molecular weight excluding hydrogens is 113 g/mol. The Kier molecular flexibility index (Phi) is 5.19. The summed E-state index contributed by atoms with van der Waals surface area (Å²) in [5, 5.41) is 7.86. The molecule has 0 unspecified atom stereocenters. The molecule has 0 aliphatic carbocycles. The quantitative estimate of drug-likeness (QED) is 0.411. The van der Waals surface area contributed by atoms with E-state index in [1.807, 2.05) is 6.07 Å². The summed E-state index contributed by atoms with van der Waals surface area (Å²) in [7, 11) is -0.347. The highest BCUT2D eigenvalue weighted by Gasteiger charge is 1.79. The molecule has 0 aliphatic heterocycles. The zero-order valence-electron chi connectivity index (χ0n) is 3.63. The van der Waals surface area contributed by atoms with E-state index < -0.39 is 0 Å². The first-order valence-corrected chi connectivity index (χ1v) is 2.46. The summed E-state index contributed by atoms with van der Waals surface area (Å²) in [5.41, 5.74) is 0. The number of hydrogen-bond donors (Lipinski definition) is 0. The molecular formula is C3H4NO2P. The topological polar surface area (TPSA) is 50.1 Å². The van der Waals surface area contributed by atoms with E-state index in [0.29, 0.717) is 6.42 Å². The zero-order chi connectivity index (χ0) is 5.54. The maximum absolute atomic E-state index is 9.45. The van der Waals surface area contributed by atoms with Crippen molar-refractivity contribution < 1.29 is 9.09 Å². The van der Waals surface area contributed by atoms with E-state index >= 15 is 0 Å². The van der Waals surface area contributed by atoms with E-state index in [2.05, 4.69) is 4.52 Å². The van der Waals surface area contributed by atoms with E-state index in [1.54, 1.807) is 0 Å². The summed E-state index contributed by atoms with van der Waals surface area (Å²) < 4.78 is 13.7. The van der Waals surface area contributed by atoms with Gasteiger partial charge in [-0.15, -0.1) is 0 Å². The van der Waals surface area contributed by atoms with Gasteiger partial charge in [-0.2, -0.15) is 5.26 Å². The van der Waals surface area contributed by atoms with Crippen LogP contribution in [0.25, 0.3) is 0 Å². The lowest BCUT2D eigenvalue weighted by molar-refractivity contribution is 0.352. The van der Waals surface area contributed by atoms with Crippen LogP contribution in [-0.2, 0) is 9.09 Å². The molecule has 0 bridgehead atoms. The van der Waals surface area contributed by atoms with Gasteiger partial charge in [-0.3, -0.25) is 4.52 Å². The third-order valence-electron chi connectivity index (χ3n) is 0.358. The van der Waals surface area contributed by atoms with Crippen LogP contribution in [0.15, 0.2) is 0 Å². The molecule has 38 valence electrons. The van der Waals surface area contributed by atoms with Crippen molar-refractivity contribution in [3.63, 3.8) is 0 Å². The fourth-order valence-corrected chi connectivity index (χ4v) is 0.294. The first-order valence-electron chi connectivity index (χ1n) is 1.73. The molecule has 0 aromatic heterocycles. The SMILES string of the molecule is N#CCCOP=O. The van der Waals surface area contributed by atoms with Gasteiger partial charge in [-0.1, -0.05) is 0 Å². The third-order valence-corrected chi connectivity index (χ3v) is 0.646. The van der Waals surface area contributed by atoms with Gasteiger partial charge in [0.15, 0.2) is 0 Å². The van der Waals surface area contributed by atoms with Crippen LogP contribution in [0.2, 0.25) is 0 Å². The van der Waals surface area contributed by atoms with Crippen LogP contribution >= 0.6 is 8.69 Å². The van der Waals surface area contributed by atoms with Gasteiger partial charge in [0.2, 0.25) is 0 Å². The van der Waals surface area contributed by atoms with Crippen LogP contribution in [0.5, 0.6) is 0 Å². The molecule has 3 nitrogen and oxygen atoms in total. The van der Waals surface area contributed by atoms with Gasteiger partial charge in [0, 0.05) is 0 Å². The summed E-state index contributed by atoms with van der Waals surface area (Å²) >= 11 is 0. The molecule has 0 amide bonds. The first-order chi connectivity index (χ1) is 3.41. The van der Waals surface area contributed by atoms with Gasteiger partial charge in [0.05, 0.1) is 19.1 Å². The molecule has 0 aliphatic rings. The highest BCUT2D eigenvalue weighted by atomic mass is 31.1. The molecule has 0 aromatic carbocycles. The minimum absolute atomic E-state index is 0.252. The smallest absolute Gasteiger partial charge is 0.293 e. The highest BCUT2D eigenvalue weighted by Crippen LogP contribution is 1.93. The normalized spacial score (nSPS) is 8.43. The lowest BCUT2D eigenvalue weighted by atomic mass is 10.5. The van der Waals surface area contributed by atoms with E-state index in [4.69, 9.17) is 5.26 Å². The Hall–Kier alpha value is -0.450. The number of nitrogens with zero attached hydrogens (tertiary/aromatic N) is 1. The molecule has 0 saturated heterocycles. The fourth-order valence-electron chi connectivity index (χ4n) is 0.129. The molecule has 0 atom stereocenters. The minimum atomic E-state index is -0.347. The van der Waals surface area contributed by atoms with Gasteiger partial charge >= 0.3 is 8.69 Å². The molecule has 0 rings (SSSR count). The Morgan fingerprint density at radius 1 is 1.86 bits per heavy atom. The van der Waals surface area contributed by atoms with Crippen LogP contribution in [0, 0.1) is 11.3 Å². The lowest BCUT2D eigenvalue weighted by Gasteiger charge is -1.79. The van der Waals surface area contributed by atoms with Gasteiger partial charge in [-0.25, -0.2) is 4.57 Å². The van der Waals surface area contributed by atoms with E-state index in [9.17, 15) is 4.57 Å². The molecule has 0 saturated carbocycles. The van der Waals surface area contributed by atoms with E-state index in [0.717, 1.165) is 0 Å². The van der Waals surface area contributed by atoms with Gasteiger partial charge in [0.25, 0.3) is 0 Å². The monoisotopic (exact) mass is 117 g/mol. The second-order valence-electron chi connectivity index (χ2n) is 0.816. The molecule has 0 heterocycles. The summed E-state index contributed by atoms with van der Waals surface area (Å²) in [6.45, 7) is 0.252. The Morgan fingerprint density at radius 3 is 3.00 bits per heavy atom. The maximum Gasteiger partial charge on any atom is 0.327 e. The largest absolute Gasteiger partial charge is 0.327 e. The second kappa shape index (κ2) is 5.55. The number of nitriles is 1. The van der Waals surface area contributed by atoms with E-state index in [-0.39, 0.29) is 15.3 Å². The van der Waals surface area contributed by atoms with Gasteiger partial charge in [-0.05, 0) is 0 Å². The van der Waals surface area contributed by atoms with Crippen LogP contribution < -0.4 is 0 Å². The van der Waals surface area contributed by atoms with E-state index in [1.165, 1.54) is 0 Å². The van der Waals surface area contributed by atoms with Crippen molar-refractivity contribution in [3.05, 3.63) is 0 Å². The average Bonchev–Trinajstić information content (AvgIpc) is 1.69. The van der Waals surface area contributed by atoms with Crippen molar-refractivity contribution in [1.82, 2.24) is 0 Å². The van der Waals surface area contributed by atoms with Crippen LogP contribution in [0.4, 0.5) is 0 Å². The molecule has 4 heteroatoms. The van der Waals surface area contributed by atoms with Crippen LogP contribution in [0.1, 0.15) is 6.42 Å². The van der Waals surface area contributed by atoms with Crippen molar-refractivity contribution in [2.24, 2.45) is 0 Å². The van der Waals surface area contributed by atoms with Crippen molar-refractivity contribution in [2.75, 3.05) is 6.61 Å². The maximum atomic E-state index is 9.45. The summed E-state index contributed by atoms with van der Waals surface area (Å²) in [6.07, 6.45) is 0.301. The lowest BCUT2D eigenvalue weighted by Crippen LogP contribution is -1.77. The van der Waals surface area contributed by atoms with Crippen molar-refractivity contribution in [3.8, 4) is 6.07 Å². The van der Waals surface area contributed by atoms with Gasteiger partial charge < -0.3 is 0 Å². The Morgan fingerprint density at radius 2 is 2.57 bits per heavy atom. The second-order valence-corrected chi connectivity index (χ2v) is 1.22. The first kappa shape index (κ1) is 6.55. The third kappa shape index (κ3) is 5.55. The van der Waals surface area contributed by atoms with Crippen molar-refractivity contribution in [2.45, 2.75) is 6.42 Å². The molecule has 0 radical (unpaired) electrons. The Bertz CT molecular complexity index is 87.4. The van der Waals surface area contributed by atoms with Gasteiger partial charge in [0.1, 0.15) is 0 Å². The molecule has 0 aromatic rings. The highest BCUT2D eigenvalue weighted by molar-refractivity contribution is 7.17. The Balaban J connectivity index is 2.72. The standard InChI is InChI=1S/C3H4NO2P/c4-2-1-3-6-7-5/h1,3H2. The number of rotatable bonds is 3. The van der Waals surface area contributed by atoms with Crippen LogP contribution in [-0.4, -0.2) is 6.61 Å². The summed E-state index contributed by atoms with van der Waals surface area (Å²) in [6, 6.07) is 1.83.